The van der Waals surface area contributed by atoms with Crippen LogP contribution in [0, 0.1) is 11.7 Å². The third kappa shape index (κ3) is 2.76. The number of nitrogens with zero attached hydrogens (tertiary/aromatic N) is 1. The van der Waals surface area contributed by atoms with E-state index in [1.807, 2.05) is 0 Å². The second-order valence-corrected chi connectivity index (χ2v) is 5.48. The predicted octanol–water partition coefficient (Wildman–Crippen LogP) is 0.657. The Morgan fingerprint density at radius 1 is 1.33 bits per heavy atom. The van der Waals surface area contributed by atoms with Crippen molar-refractivity contribution >= 4 is 17.5 Å². The van der Waals surface area contributed by atoms with E-state index in [1.165, 1.54) is 11.0 Å². The molecule has 0 spiro atoms. The molecule has 5 nitrogen and oxygen atoms in total. The summed E-state index contributed by atoms with van der Waals surface area (Å²) in [6.45, 7) is 1.91. The Kier molecular flexibility index (Phi) is 3.88. The molecule has 0 radical (unpaired) electrons. The van der Waals surface area contributed by atoms with Crippen molar-refractivity contribution in [2.45, 2.75) is 18.9 Å². The molecule has 21 heavy (non-hydrogen) atoms. The SMILES string of the molecule is O=C(NC1CCN(c2ccccc2F)C1=O)C1CCNC1. The molecule has 112 valence electrons. The third-order valence-electron chi connectivity index (χ3n) is 4.10. The molecule has 2 amide bonds. The number of anilines is 1. The molecule has 2 saturated heterocycles. The first kappa shape index (κ1) is 14.0. The summed E-state index contributed by atoms with van der Waals surface area (Å²) in [5, 5.41) is 5.92. The van der Waals surface area contributed by atoms with Crippen molar-refractivity contribution in [1.82, 2.24) is 10.6 Å². The van der Waals surface area contributed by atoms with Crippen molar-refractivity contribution < 1.29 is 14.0 Å². The number of carbonyl (C=O) groups excluding carboxylic acids is 2. The summed E-state index contributed by atoms with van der Waals surface area (Å²) >= 11 is 0. The molecule has 2 N–H and O–H groups in total. The molecule has 2 heterocycles. The maximum atomic E-state index is 13.8. The van der Waals surface area contributed by atoms with E-state index < -0.39 is 11.9 Å². The predicted molar refractivity (Wildman–Crippen MR) is 76.3 cm³/mol. The minimum absolute atomic E-state index is 0.0692. The van der Waals surface area contributed by atoms with E-state index in [4.69, 9.17) is 0 Å². The maximum Gasteiger partial charge on any atom is 0.249 e. The number of amides is 2. The van der Waals surface area contributed by atoms with Gasteiger partial charge < -0.3 is 15.5 Å². The zero-order valence-corrected chi connectivity index (χ0v) is 11.6. The number of hydrogen-bond donors (Lipinski definition) is 2. The summed E-state index contributed by atoms with van der Waals surface area (Å²) in [5.74, 6) is -0.814. The molecule has 3 rings (SSSR count). The number of rotatable bonds is 3. The molecule has 2 unspecified atom stereocenters. The van der Waals surface area contributed by atoms with Crippen molar-refractivity contribution in [1.29, 1.82) is 0 Å². The van der Waals surface area contributed by atoms with Gasteiger partial charge in [-0.2, -0.15) is 0 Å². The summed E-state index contributed by atoms with van der Waals surface area (Å²) in [4.78, 5) is 25.8. The molecule has 2 aliphatic rings. The number of benzene rings is 1. The van der Waals surface area contributed by atoms with Crippen molar-refractivity contribution in [2.24, 2.45) is 5.92 Å². The van der Waals surface area contributed by atoms with Gasteiger partial charge in [-0.3, -0.25) is 9.59 Å². The van der Waals surface area contributed by atoms with Crippen LogP contribution in [0.2, 0.25) is 0 Å². The lowest BCUT2D eigenvalue weighted by molar-refractivity contribution is -0.128. The average Bonchev–Trinajstić information content (AvgIpc) is 3.11. The molecule has 1 aromatic rings. The number of carbonyl (C=O) groups is 2. The highest BCUT2D eigenvalue weighted by Gasteiger charge is 2.36. The highest BCUT2D eigenvalue weighted by atomic mass is 19.1. The number of hydrogen-bond acceptors (Lipinski definition) is 3. The number of halogens is 1. The van der Waals surface area contributed by atoms with Gasteiger partial charge in [0.25, 0.3) is 0 Å². The molecule has 0 saturated carbocycles. The van der Waals surface area contributed by atoms with E-state index in [1.54, 1.807) is 18.2 Å². The van der Waals surface area contributed by atoms with Gasteiger partial charge in [-0.05, 0) is 31.5 Å². The second-order valence-electron chi connectivity index (χ2n) is 5.48. The van der Waals surface area contributed by atoms with E-state index >= 15 is 0 Å². The van der Waals surface area contributed by atoms with Gasteiger partial charge in [0.1, 0.15) is 11.9 Å². The van der Waals surface area contributed by atoms with Crippen molar-refractivity contribution in [3.8, 4) is 0 Å². The molecular weight excluding hydrogens is 273 g/mol. The Morgan fingerprint density at radius 2 is 2.14 bits per heavy atom. The fourth-order valence-electron chi connectivity index (χ4n) is 2.89. The van der Waals surface area contributed by atoms with Crippen LogP contribution >= 0.6 is 0 Å². The maximum absolute atomic E-state index is 13.8. The molecule has 2 fully saturated rings. The fraction of sp³-hybridized carbons (Fsp3) is 0.467. The first-order chi connectivity index (χ1) is 10.2. The Hall–Kier alpha value is -1.95. The zero-order valence-electron chi connectivity index (χ0n) is 11.6. The van der Waals surface area contributed by atoms with Gasteiger partial charge in [0.15, 0.2) is 0 Å². The molecular formula is C15H18FN3O2. The summed E-state index contributed by atoms with van der Waals surface area (Å²) < 4.78 is 13.8. The van der Waals surface area contributed by atoms with E-state index in [2.05, 4.69) is 10.6 Å². The Labute approximate surface area is 122 Å². The number of nitrogens with one attached hydrogen (secondary N) is 2. The van der Waals surface area contributed by atoms with Gasteiger partial charge in [-0.1, -0.05) is 12.1 Å². The Bertz CT molecular complexity index is 558. The van der Waals surface area contributed by atoms with Crippen LogP contribution < -0.4 is 15.5 Å². The largest absolute Gasteiger partial charge is 0.344 e. The second kappa shape index (κ2) is 5.81. The van der Waals surface area contributed by atoms with E-state index in [0.717, 1.165) is 13.0 Å². The zero-order chi connectivity index (χ0) is 14.8. The van der Waals surface area contributed by atoms with Gasteiger partial charge in [0.05, 0.1) is 11.6 Å². The number of para-hydroxylation sites is 1. The summed E-state index contributed by atoms with van der Waals surface area (Å²) in [6.07, 6.45) is 1.31. The van der Waals surface area contributed by atoms with Crippen molar-refractivity contribution in [2.75, 3.05) is 24.5 Å². The van der Waals surface area contributed by atoms with Crippen molar-refractivity contribution in [3.05, 3.63) is 30.1 Å². The van der Waals surface area contributed by atoms with Gasteiger partial charge in [-0.25, -0.2) is 4.39 Å². The highest BCUT2D eigenvalue weighted by Crippen LogP contribution is 2.24. The fourth-order valence-corrected chi connectivity index (χ4v) is 2.89. The summed E-state index contributed by atoms with van der Waals surface area (Å²) in [6, 6.07) is 5.66. The molecule has 0 aromatic heterocycles. The Morgan fingerprint density at radius 3 is 2.86 bits per heavy atom. The van der Waals surface area contributed by atoms with Gasteiger partial charge in [-0.15, -0.1) is 0 Å². The van der Waals surface area contributed by atoms with Crippen LogP contribution in [-0.4, -0.2) is 37.5 Å². The monoisotopic (exact) mass is 291 g/mol. The van der Waals surface area contributed by atoms with Gasteiger partial charge >= 0.3 is 0 Å². The standard InChI is InChI=1S/C15H18FN3O2/c16-11-3-1-2-4-13(11)19-8-6-12(15(19)21)18-14(20)10-5-7-17-9-10/h1-4,10,12,17H,5-9H2,(H,18,20). The van der Waals surface area contributed by atoms with Crippen LogP contribution in [0.1, 0.15) is 12.8 Å². The minimum Gasteiger partial charge on any atom is -0.344 e. The summed E-state index contributed by atoms with van der Waals surface area (Å²) in [7, 11) is 0. The lowest BCUT2D eigenvalue weighted by Crippen LogP contribution is -2.44. The molecule has 2 aliphatic heterocycles. The first-order valence-corrected chi connectivity index (χ1v) is 7.24. The smallest absolute Gasteiger partial charge is 0.249 e. The highest BCUT2D eigenvalue weighted by molar-refractivity contribution is 6.01. The molecule has 6 heteroatoms. The molecule has 2 atom stereocenters. The van der Waals surface area contributed by atoms with Crippen molar-refractivity contribution in [3.63, 3.8) is 0 Å². The van der Waals surface area contributed by atoms with E-state index in [0.29, 0.717) is 19.5 Å². The quantitative estimate of drug-likeness (QED) is 0.860. The van der Waals surface area contributed by atoms with Crippen LogP contribution in [0.15, 0.2) is 24.3 Å². The van der Waals surface area contributed by atoms with Crippen LogP contribution in [-0.2, 0) is 9.59 Å². The van der Waals surface area contributed by atoms with Crippen LogP contribution in [0.25, 0.3) is 0 Å². The van der Waals surface area contributed by atoms with Gasteiger partial charge in [0, 0.05) is 13.1 Å². The first-order valence-electron chi connectivity index (χ1n) is 7.24. The van der Waals surface area contributed by atoms with Crippen LogP contribution in [0.4, 0.5) is 10.1 Å². The topological polar surface area (TPSA) is 61.4 Å². The minimum atomic E-state index is -0.544. The third-order valence-corrected chi connectivity index (χ3v) is 4.10. The lowest BCUT2D eigenvalue weighted by atomic mass is 10.1. The molecule has 0 bridgehead atoms. The Balaban J connectivity index is 1.66. The normalized spacial score (nSPS) is 25.4. The van der Waals surface area contributed by atoms with E-state index in [9.17, 15) is 14.0 Å². The van der Waals surface area contributed by atoms with E-state index in [-0.39, 0.29) is 23.4 Å². The summed E-state index contributed by atoms with van der Waals surface area (Å²) in [5.41, 5.74) is 0.279. The molecule has 1 aromatic carbocycles. The van der Waals surface area contributed by atoms with Crippen LogP contribution in [0.5, 0.6) is 0 Å². The average molecular weight is 291 g/mol. The van der Waals surface area contributed by atoms with Crippen LogP contribution in [0.3, 0.4) is 0 Å². The molecule has 0 aliphatic carbocycles. The lowest BCUT2D eigenvalue weighted by Gasteiger charge is -2.18. The van der Waals surface area contributed by atoms with Gasteiger partial charge in [0.2, 0.25) is 11.8 Å².